The fraction of sp³-hybridized carbons (Fsp3) is 0.397. The highest BCUT2D eigenvalue weighted by Crippen LogP contribution is 2.50. The number of carbonyl (C=O) groups excluding carboxylic acids is 5. The quantitative estimate of drug-likeness (QED) is 0.00693. The van der Waals surface area contributed by atoms with Crippen LogP contribution in [0, 0.1) is 6.92 Å². The minimum absolute atomic E-state index is 0.0562. The highest BCUT2D eigenvalue weighted by molar-refractivity contribution is 7.89. The van der Waals surface area contributed by atoms with Crippen molar-refractivity contribution in [2.75, 3.05) is 75.5 Å². The number of hydrogen-bond donors (Lipinski definition) is 1. The first-order valence-electron chi connectivity index (χ1n) is 26.3. The predicted molar refractivity (Wildman–Crippen MR) is 295 cm³/mol. The molecule has 7 rings (SSSR count). The van der Waals surface area contributed by atoms with Crippen LogP contribution in [0.2, 0.25) is 0 Å². The van der Waals surface area contributed by atoms with E-state index in [1.54, 1.807) is 104 Å². The molecule has 416 valence electrons. The van der Waals surface area contributed by atoms with Crippen LogP contribution in [-0.2, 0) is 43.6 Å². The first-order chi connectivity index (χ1) is 37.6. The monoisotopic (exact) mass is 1110 g/mol. The number of rotatable bonds is 29. The third kappa shape index (κ3) is 13.1. The van der Waals surface area contributed by atoms with Crippen molar-refractivity contribution in [1.82, 2.24) is 14.1 Å². The maximum absolute atomic E-state index is 15.4. The van der Waals surface area contributed by atoms with E-state index in [9.17, 15) is 28.1 Å². The molecule has 1 N–H and O–H groups in total. The molecule has 0 radical (unpaired) electrons. The van der Waals surface area contributed by atoms with Gasteiger partial charge >= 0.3 is 18.0 Å². The minimum atomic E-state index is -4.02. The van der Waals surface area contributed by atoms with Crippen LogP contribution in [0.3, 0.4) is 0 Å². The van der Waals surface area contributed by atoms with Crippen LogP contribution in [0.4, 0.5) is 16.2 Å². The Hall–Kier alpha value is -7.03. The molecule has 5 aromatic rings. The Morgan fingerprint density at radius 1 is 0.679 bits per heavy atom. The molecule has 78 heavy (non-hydrogen) atoms. The van der Waals surface area contributed by atoms with Gasteiger partial charge in [-0.05, 0) is 116 Å². The van der Waals surface area contributed by atoms with Crippen molar-refractivity contribution < 1.29 is 61.5 Å². The Bertz CT molecular complexity index is 2910. The number of nitrogens with zero attached hydrogens (tertiary/aromatic N) is 5. The van der Waals surface area contributed by atoms with Gasteiger partial charge in [-0.25, -0.2) is 33.2 Å². The van der Waals surface area contributed by atoms with Crippen LogP contribution in [0.5, 0.6) is 11.5 Å². The largest absolute Gasteiger partial charge is 0.490 e. The van der Waals surface area contributed by atoms with E-state index in [1.807, 2.05) is 52.0 Å². The molecule has 1 fully saturated rings. The summed E-state index contributed by atoms with van der Waals surface area (Å²) in [5.41, 5.74) is 4.04. The minimum Gasteiger partial charge on any atom is -0.490 e. The van der Waals surface area contributed by atoms with Gasteiger partial charge in [-0.2, -0.15) is 4.31 Å². The molecule has 1 aliphatic carbocycles. The van der Waals surface area contributed by atoms with Crippen LogP contribution in [0.15, 0.2) is 126 Å². The smallest absolute Gasteiger partial charge is 0.334 e. The van der Waals surface area contributed by atoms with Gasteiger partial charge in [0.1, 0.15) is 51.0 Å². The number of para-hydroxylation sites is 2. The van der Waals surface area contributed by atoms with Crippen molar-refractivity contribution >= 4 is 62.8 Å². The second-order valence-electron chi connectivity index (χ2n) is 18.8. The average molecular weight is 1110 g/mol. The lowest BCUT2D eigenvalue weighted by molar-refractivity contribution is -0.281. The molecule has 1 heterocycles. The van der Waals surface area contributed by atoms with Gasteiger partial charge < -0.3 is 28.7 Å². The predicted octanol–water partition coefficient (Wildman–Crippen LogP) is 9.23. The summed E-state index contributed by atoms with van der Waals surface area (Å²) in [5.74, 6) is -4.79. The van der Waals surface area contributed by atoms with Crippen LogP contribution >= 0.6 is 11.6 Å². The Morgan fingerprint density at radius 3 is 1.72 bits per heavy atom. The van der Waals surface area contributed by atoms with Crippen molar-refractivity contribution in [2.45, 2.75) is 88.8 Å². The van der Waals surface area contributed by atoms with Gasteiger partial charge in [0, 0.05) is 49.9 Å². The number of hydrogen-bond acceptors (Lipinski definition) is 15. The Balaban J connectivity index is 1.31. The summed E-state index contributed by atoms with van der Waals surface area (Å²) in [4.78, 5) is 79.0. The molecule has 2 aliphatic rings. The zero-order chi connectivity index (χ0) is 56.0. The molecule has 20 heteroatoms. The van der Waals surface area contributed by atoms with E-state index in [1.165, 1.54) is 4.31 Å². The number of halogens is 1. The van der Waals surface area contributed by atoms with Gasteiger partial charge in [0.25, 0.3) is 16.8 Å². The summed E-state index contributed by atoms with van der Waals surface area (Å²) in [5, 5.41) is 11.3. The number of esters is 2. The van der Waals surface area contributed by atoms with Crippen LogP contribution in [0.25, 0.3) is 11.1 Å². The van der Waals surface area contributed by atoms with E-state index >= 15 is 9.59 Å². The number of barbiturate groups is 1. The SMILES string of the molecule is CCCCN(CCCC)S(=O)(=O)c1ccc2c(c1)C(CC(OO)N(c1ccc(N(CC)CC)cc1C)C1(Cl)C(=O)N(CC(=O)OCCOc3ccccc3)C(=O)N(CC(=O)OCCOc3ccccc3)C1=O)c1ccccc1-2. The Labute approximate surface area is 461 Å². The van der Waals surface area contributed by atoms with Crippen molar-refractivity contribution in [2.24, 2.45) is 0 Å². The van der Waals surface area contributed by atoms with E-state index in [2.05, 4.69) is 4.90 Å². The van der Waals surface area contributed by atoms with E-state index in [-0.39, 0.29) is 43.4 Å². The lowest BCUT2D eigenvalue weighted by Gasteiger charge is -2.48. The standard InChI is InChI=1S/C58H68ClN5O13S/c1-6-10-30-61(31-11-7-2)78(71,72)45-27-28-48-46-24-18-19-25-47(46)50(49(48)37-45)38-52(77-70)64(51-29-26-42(36-41(51)5)60(8-3)9-4)58(59)55(67)62(39-53(65)75-34-32-73-43-20-14-12-15-21-43)57(69)63(56(58)68)40-54(66)76-35-33-74-44-22-16-13-17-23-44/h12-29,36-37,50,52,70H,6-11,30-35,38-40H2,1-5H3. The highest BCUT2D eigenvalue weighted by Gasteiger charge is 2.63. The zero-order valence-electron chi connectivity index (χ0n) is 44.7. The van der Waals surface area contributed by atoms with Crippen molar-refractivity contribution in [3.8, 4) is 22.6 Å². The molecule has 5 aromatic carbocycles. The summed E-state index contributed by atoms with van der Waals surface area (Å²) in [6.07, 6.45) is 0.858. The van der Waals surface area contributed by atoms with Gasteiger partial charge in [0.05, 0.1) is 4.90 Å². The third-order valence-corrected chi connectivity index (χ3v) is 16.1. The van der Waals surface area contributed by atoms with Crippen molar-refractivity contribution in [3.05, 3.63) is 138 Å². The molecule has 0 bridgehead atoms. The average Bonchev–Trinajstić information content (AvgIpc) is 3.90. The maximum atomic E-state index is 15.4. The number of sulfonamides is 1. The summed E-state index contributed by atoms with van der Waals surface area (Å²) in [6.45, 7) is 8.62. The van der Waals surface area contributed by atoms with Gasteiger partial charge in [-0.15, -0.1) is 0 Å². The summed E-state index contributed by atoms with van der Waals surface area (Å²) in [6, 6.07) is 33.6. The second-order valence-corrected chi connectivity index (χ2v) is 21.2. The van der Waals surface area contributed by atoms with E-state index in [0.717, 1.165) is 29.0 Å². The summed E-state index contributed by atoms with van der Waals surface area (Å²) < 4.78 is 52.7. The molecule has 1 aliphatic heterocycles. The fourth-order valence-electron chi connectivity index (χ4n) is 9.75. The van der Waals surface area contributed by atoms with Gasteiger partial charge in [0.15, 0.2) is 6.23 Å². The number of aryl methyl sites for hydroxylation is 1. The number of anilines is 2. The Kier molecular flexibility index (Phi) is 20.3. The summed E-state index contributed by atoms with van der Waals surface area (Å²) in [7, 11) is -4.02. The number of fused-ring (bicyclic) bond motifs is 3. The molecule has 4 amide bonds. The second kappa shape index (κ2) is 27.0. The maximum Gasteiger partial charge on any atom is 0.334 e. The van der Waals surface area contributed by atoms with Gasteiger partial charge in [0.2, 0.25) is 10.0 Å². The zero-order valence-corrected chi connectivity index (χ0v) is 46.2. The normalized spacial score (nSPS) is 15.2. The molecule has 2 unspecified atom stereocenters. The molecular weight excluding hydrogens is 1040 g/mol. The topological polar surface area (TPSA) is 202 Å². The van der Waals surface area contributed by atoms with E-state index in [4.69, 9.17) is 35.4 Å². The number of urea groups is 1. The van der Waals surface area contributed by atoms with E-state index in [0.29, 0.717) is 82.6 Å². The molecule has 18 nitrogen and oxygen atoms in total. The van der Waals surface area contributed by atoms with Crippen LogP contribution in [-0.4, -0.2) is 134 Å². The number of benzene rings is 5. The van der Waals surface area contributed by atoms with Crippen molar-refractivity contribution in [3.63, 3.8) is 0 Å². The number of alkyl halides is 1. The first-order valence-corrected chi connectivity index (χ1v) is 28.2. The molecular formula is C58H68ClN5O13S. The Morgan fingerprint density at radius 2 is 1.21 bits per heavy atom. The number of amides is 4. The lowest BCUT2D eigenvalue weighted by Crippen LogP contribution is -2.75. The fourth-order valence-corrected chi connectivity index (χ4v) is 11.7. The lowest BCUT2D eigenvalue weighted by atomic mass is 9.91. The first kappa shape index (κ1) is 58.6. The van der Waals surface area contributed by atoms with Crippen molar-refractivity contribution in [1.29, 1.82) is 0 Å². The number of unbranched alkanes of at least 4 members (excludes halogenated alkanes) is 2. The molecule has 0 saturated carbocycles. The molecule has 2 atom stereocenters. The third-order valence-electron chi connectivity index (χ3n) is 13.7. The number of ether oxygens (including phenoxy) is 4. The van der Waals surface area contributed by atoms with E-state index < -0.39 is 70.0 Å². The van der Waals surface area contributed by atoms with Gasteiger partial charge in [-0.3, -0.25) is 19.2 Å². The highest BCUT2D eigenvalue weighted by atomic mass is 35.5. The van der Waals surface area contributed by atoms with Crippen LogP contribution < -0.4 is 19.3 Å². The molecule has 1 saturated heterocycles. The van der Waals surface area contributed by atoms with Crippen LogP contribution in [0.1, 0.15) is 82.4 Å². The number of imide groups is 2. The van der Waals surface area contributed by atoms with Gasteiger partial charge in [-0.1, -0.05) is 105 Å². The molecule has 0 aromatic heterocycles. The molecule has 0 spiro atoms. The summed E-state index contributed by atoms with van der Waals surface area (Å²) >= 11 is 7.64. The number of carbonyl (C=O) groups is 5.